The maximum absolute atomic E-state index is 13.0. The quantitative estimate of drug-likeness (QED) is 0.942. The highest BCUT2D eigenvalue weighted by Crippen LogP contribution is 2.25. The molecule has 0 fully saturated rings. The number of aliphatic carboxylic acids is 1. The first kappa shape index (κ1) is 13.8. The lowest BCUT2D eigenvalue weighted by Crippen LogP contribution is -2.44. The molecule has 2 aromatic rings. The summed E-state index contributed by atoms with van der Waals surface area (Å²) in [6.07, 6.45) is 0.507. The van der Waals surface area contributed by atoms with E-state index >= 15 is 0 Å². The van der Waals surface area contributed by atoms with Gasteiger partial charge in [0.15, 0.2) is 0 Å². The molecule has 0 spiro atoms. The van der Waals surface area contributed by atoms with Gasteiger partial charge in [-0.05, 0) is 35.2 Å². The number of nitrogens with zero attached hydrogens (tertiary/aromatic N) is 1. The van der Waals surface area contributed by atoms with Crippen LogP contribution in [0.5, 0.6) is 0 Å². The highest BCUT2D eigenvalue weighted by Gasteiger charge is 2.31. The van der Waals surface area contributed by atoms with Crippen LogP contribution < -0.4 is 0 Å². The molecule has 0 amide bonds. The van der Waals surface area contributed by atoms with Gasteiger partial charge in [-0.1, -0.05) is 36.4 Å². The van der Waals surface area contributed by atoms with Gasteiger partial charge < -0.3 is 5.11 Å². The number of carbonyl (C=O) groups is 1. The molecule has 0 radical (unpaired) electrons. The molecule has 0 aromatic heterocycles. The van der Waals surface area contributed by atoms with Gasteiger partial charge in [0.1, 0.15) is 11.9 Å². The predicted molar refractivity (Wildman–Crippen MR) is 77.2 cm³/mol. The largest absolute Gasteiger partial charge is 0.480 e. The van der Waals surface area contributed by atoms with Crippen molar-refractivity contribution in [3.8, 4) is 0 Å². The molecule has 0 unspecified atom stereocenters. The van der Waals surface area contributed by atoms with Crippen LogP contribution in [0.2, 0.25) is 0 Å². The predicted octanol–water partition coefficient (Wildman–Crippen LogP) is 2.84. The molecule has 0 aliphatic carbocycles. The molecule has 2 aromatic carbocycles. The first-order valence-electron chi connectivity index (χ1n) is 6.91. The van der Waals surface area contributed by atoms with Gasteiger partial charge >= 0.3 is 5.97 Å². The molecule has 3 rings (SSSR count). The van der Waals surface area contributed by atoms with Crippen LogP contribution in [-0.2, 0) is 24.3 Å². The lowest BCUT2D eigenvalue weighted by molar-refractivity contribution is -0.144. The fourth-order valence-electron chi connectivity index (χ4n) is 2.81. The Balaban J connectivity index is 1.85. The summed E-state index contributed by atoms with van der Waals surface area (Å²) >= 11 is 0. The fraction of sp³-hybridized carbons (Fsp3) is 0.235. The Labute approximate surface area is 122 Å². The number of benzene rings is 2. The Bertz CT molecular complexity index is 654. The highest BCUT2D eigenvalue weighted by atomic mass is 19.1. The standard InChI is InChI=1S/C17H16FNO2/c18-15-7-5-12(6-8-15)10-19-11-14-4-2-1-3-13(14)9-16(19)17(20)21/h1-8,16H,9-11H2,(H,20,21)/t16-/m0/s1. The molecule has 1 aliphatic heterocycles. The minimum Gasteiger partial charge on any atom is -0.480 e. The van der Waals surface area contributed by atoms with Crippen LogP contribution >= 0.6 is 0 Å². The molecule has 1 aliphatic rings. The van der Waals surface area contributed by atoms with Crippen molar-refractivity contribution in [2.75, 3.05) is 0 Å². The Morgan fingerprint density at radius 1 is 1.14 bits per heavy atom. The van der Waals surface area contributed by atoms with Crippen LogP contribution in [0.25, 0.3) is 0 Å². The van der Waals surface area contributed by atoms with Gasteiger partial charge in [-0.15, -0.1) is 0 Å². The maximum Gasteiger partial charge on any atom is 0.321 e. The van der Waals surface area contributed by atoms with Crippen LogP contribution in [0.4, 0.5) is 4.39 Å². The van der Waals surface area contributed by atoms with Crippen LogP contribution in [0.3, 0.4) is 0 Å². The molecule has 0 saturated carbocycles. The van der Waals surface area contributed by atoms with E-state index in [0.29, 0.717) is 19.5 Å². The van der Waals surface area contributed by atoms with E-state index in [1.165, 1.54) is 12.1 Å². The first-order valence-corrected chi connectivity index (χ1v) is 6.91. The van der Waals surface area contributed by atoms with Crippen LogP contribution in [0, 0.1) is 5.82 Å². The molecule has 1 atom stereocenters. The van der Waals surface area contributed by atoms with Gasteiger partial charge in [-0.3, -0.25) is 9.69 Å². The van der Waals surface area contributed by atoms with E-state index in [9.17, 15) is 14.3 Å². The number of fused-ring (bicyclic) bond motifs is 1. The number of carboxylic acids is 1. The van der Waals surface area contributed by atoms with E-state index < -0.39 is 12.0 Å². The number of carboxylic acid groups (broad SMARTS) is 1. The summed E-state index contributed by atoms with van der Waals surface area (Å²) in [7, 11) is 0. The van der Waals surface area contributed by atoms with Crippen molar-refractivity contribution in [3.05, 3.63) is 71.0 Å². The third kappa shape index (κ3) is 2.95. The van der Waals surface area contributed by atoms with E-state index in [1.807, 2.05) is 29.2 Å². The smallest absolute Gasteiger partial charge is 0.321 e. The van der Waals surface area contributed by atoms with Gasteiger partial charge in [0.2, 0.25) is 0 Å². The summed E-state index contributed by atoms with van der Waals surface area (Å²) in [6, 6.07) is 13.6. The Kier molecular flexibility index (Phi) is 3.71. The molecular formula is C17H16FNO2. The first-order chi connectivity index (χ1) is 10.1. The average Bonchev–Trinajstić information content (AvgIpc) is 2.48. The average molecular weight is 285 g/mol. The number of rotatable bonds is 3. The molecule has 21 heavy (non-hydrogen) atoms. The second kappa shape index (κ2) is 5.66. The summed E-state index contributed by atoms with van der Waals surface area (Å²) < 4.78 is 13.0. The number of halogens is 1. The number of hydrogen-bond donors (Lipinski definition) is 1. The number of hydrogen-bond acceptors (Lipinski definition) is 2. The molecule has 1 N–H and O–H groups in total. The third-order valence-corrected chi connectivity index (χ3v) is 3.93. The highest BCUT2D eigenvalue weighted by molar-refractivity contribution is 5.74. The third-order valence-electron chi connectivity index (χ3n) is 3.93. The zero-order valence-corrected chi connectivity index (χ0v) is 11.5. The van der Waals surface area contributed by atoms with Crippen molar-refractivity contribution < 1.29 is 14.3 Å². The summed E-state index contributed by atoms with van der Waals surface area (Å²) in [5.41, 5.74) is 3.18. The Hall–Kier alpha value is -2.20. The molecule has 4 heteroatoms. The summed E-state index contributed by atoms with van der Waals surface area (Å²) in [4.78, 5) is 13.4. The monoisotopic (exact) mass is 285 g/mol. The zero-order chi connectivity index (χ0) is 14.8. The normalized spacial score (nSPS) is 18.2. The fourth-order valence-corrected chi connectivity index (χ4v) is 2.81. The van der Waals surface area contributed by atoms with Crippen molar-refractivity contribution in [1.29, 1.82) is 0 Å². The van der Waals surface area contributed by atoms with E-state index in [1.54, 1.807) is 12.1 Å². The van der Waals surface area contributed by atoms with Crippen LogP contribution in [0.15, 0.2) is 48.5 Å². The van der Waals surface area contributed by atoms with Gasteiger partial charge in [0, 0.05) is 13.1 Å². The minimum atomic E-state index is -0.813. The summed E-state index contributed by atoms with van der Waals surface area (Å²) in [5.74, 6) is -1.09. The molecule has 3 nitrogen and oxygen atoms in total. The van der Waals surface area contributed by atoms with Gasteiger partial charge in [0.05, 0.1) is 0 Å². The lowest BCUT2D eigenvalue weighted by Gasteiger charge is -2.34. The Morgan fingerprint density at radius 2 is 1.81 bits per heavy atom. The van der Waals surface area contributed by atoms with E-state index in [0.717, 1.165) is 16.7 Å². The molecule has 0 bridgehead atoms. The van der Waals surface area contributed by atoms with Crippen LogP contribution in [-0.4, -0.2) is 22.0 Å². The molecular weight excluding hydrogens is 269 g/mol. The second-order valence-electron chi connectivity index (χ2n) is 5.36. The SMILES string of the molecule is O=C(O)[C@@H]1Cc2ccccc2CN1Cc1ccc(F)cc1. The minimum absolute atomic E-state index is 0.280. The summed E-state index contributed by atoms with van der Waals surface area (Å²) in [5, 5.41) is 9.45. The second-order valence-corrected chi connectivity index (χ2v) is 5.36. The lowest BCUT2D eigenvalue weighted by atomic mass is 9.93. The molecule has 108 valence electrons. The molecule has 0 saturated heterocycles. The van der Waals surface area contributed by atoms with Crippen molar-refractivity contribution in [3.63, 3.8) is 0 Å². The van der Waals surface area contributed by atoms with Crippen molar-refractivity contribution in [2.24, 2.45) is 0 Å². The molecule has 1 heterocycles. The summed E-state index contributed by atoms with van der Waals surface area (Å²) in [6.45, 7) is 1.11. The van der Waals surface area contributed by atoms with E-state index in [2.05, 4.69) is 0 Å². The van der Waals surface area contributed by atoms with Crippen molar-refractivity contribution in [1.82, 2.24) is 4.90 Å². The maximum atomic E-state index is 13.0. The van der Waals surface area contributed by atoms with E-state index in [-0.39, 0.29) is 5.82 Å². The topological polar surface area (TPSA) is 40.5 Å². The van der Waals surface area contributed by atoms with Gasteiger partial charge in [-0.25, -0.2) is 4.39 Å². The zero-order valence-electron chi connectivity index (χ0n) is 11.5. The Morgan fingerprint density at radius 3 is 2.48 bits per heavy atom. The van der Waals surface area contributed by atoms with Gasteiger partial charge in [-0.2, -0.15) is 0 Å². The van der Waals surface area contributed by atoms with Crippen molar-refractivity contribution in [2.45, 2.75) is 25.6 Å². The van der Waals surface area contributed by atoms with Crippen LogP contribution in [0.1, 0.15) is 16.7 Å². The van der Waals surface area contributed by atoms with E-state index in [4.69, 9.17) is 0 Å². The van der Waals surface area contributed by atoms with Crippen molar-refractivity contribution >= 4 is 5.97 Å². The van der Waals surface area contributed by atoms with Gasteiger partial charge in [0.25, 0.3) is 0 Å².